The Kier molecular flexibility index (Phi) is 4.82. The topological polar surface area (TPSA) is 70.9 Å². The molecule has 0 aliphatic heterocycles. The van der Waals surface area contributed by atoms with Crippen molar-refractivity contribution in [2.45, 2.75) is 6.92 Å². The fourth-order valence-electron chi connectivity index (χ4n) is 1.58. The molecule has 0 aliphatic carbocycles. The number of hydrazone groups is 1. The van der Waals surface area contributed by atoms with Gasteiger partial charge in [0.05, 0.1) is 22.0 Å². The quantitative estimate of drug-likeness (QED) is 0.669. The molecule has 0 bridgehead atoms. The van der Waals surface area contributed by atoms with Crippen LogP contribution in [-0.4, -0.2) is 23.8 Å². The Morgan fingerprint density at radius 3 is 2.76 bits per heavy atom. The maximum absolute atomic E-state index is 12.0. The second-order valence-corrected chi connectivity index (χ2v) is 5.84. The van der Waals surface area contributed by atoms with E-state index in [0.717, 1.165) is 4.88 Å². The van der Waals surface area contributed by atoms with E-state index in [-0.39, 0.29) is 11.5 Å². The summed E-state index contributed by atoms with van der Waals surface area (Å²) in [5, 5.41) is 13.5. The lowest BCUT2D eigenvalue weighted by atomic mass is 10.2. The lowest BCUT2D eigenvalue weighted by Gasteiger charge is -2.06. The summed E-state index contributed by atoms with van der Waals surface area (Å²) < 4.78 is 5.62. The number of amides is 1. The van der Waals surface area contributed by atoms with Crippen molar-refractivity contribution in [1.82, 2.24) is 5.43 Å². The molecular weight excluding hydrogens is 312 g/mol. The molecule has 1 amide bonds. The molecule has 0 aliphatic rings. The van der Waals surface area contributed by atoms with Crippen LogP contribution in [0.3, 0.4) is 0 Å². The van der Waals surface area contributed by atoms with Gasteiger partial charge in [-0.3, -0.25) is 4.79 Å². The van der Waals surface area contributed by atoms with E-state index in [9.17, 15) is 9.90 Å². The summed E-state index contributed by atoms with van der Waals surface area (Å²) in [4.78, 5) is 12.9. The van der Waals surface area contributed by atoms with Gasteiger partial charge in [0, 0.05) is 5.56 Å². The summed E-state index contributed by atoms with van der Waals surface area (Å²) in [7, 11) is 1.42. The van der Waals surface area contributed by atoms with Gasteiger partial charge in [-0.25, -0.2) is 5.43 Å². The Morgan fingerprint density at radius 1 is 1.38 bits per heavy atom. The minimum absolute atomic E-state index is 0.0260. The van der Waals surface area contributed by atoms with Crippen LogP contribution in [0.5, 0.6) is 11.5 Å². The van der Waals surface area contributed by atoms with E-state index in [1.807, 2.05) is 6.07 Å². The number of methoxy groups -OCH3 is 1. The number of rotatable bonds is 4. The summed E-state index contributed by atoms with van der Waals surface area (Å²) >= 11 is 7.23. The normalized spacial score (nSPS) is 11.3. The number of nitrogens with one attached hydrogen (secondary N) is 1. The molecule has 0 spiro atoms. The molecule has 2 aromatic rings. The highest BCUT2D eigenvalue weighted by atomic mass is 35.5. The predicted molar refractivity (Wildman–Crippen MR) is 83.7 cm³/mol. The molecule has 0 saturated carbocycles. The molecule has 0 saturated heterocycles. The van der Waals surface area contributed by atoms with E-state index >= 15 is 0 Å². The van der Waals surface area contributed by atoms with Crippen molar-refractivity contribution < 1.29 is 14.6 Å². The minimum atomic E-state index is -0.393. The highest BCUT2D eigenvalue weighted by molar-refractivity contribution is 7.18. The van der Waals surface area contributed by atoms with E-state index in [1.54, 1.807) is 13.0 Å². The van der Waals surface area contributed by atoms with Crippen molar-refractivity contribution >= 4 is 34.6 Å². The first-order chi connectivity index (χ1) is 10.0. The van der Waals surface area contributed by atoms with Gasteiger partial charge < -0.3 is 9.84 Å². The number of carbonyl (C=O) groups excluding carboxylic acids is 1. The van der Waals surface area contributed by atoms with Gasteiger partial charge in [-0.15, -0.1) is 11.3 Å². The molecule has 1 heterocycles. The van der Waals surface area contributed by atoms with Crippen LogP contribution < -0.4 is 10.2 Å². The lowest BCUT2D eigenvalue weighted by molar-refractivity contribution is 0.0954. The third-order valence-electron chi connectivity index (χ3n) is 2.70. The van der Waals surface area contributed by atoms with Crippen molar-refractivity contribution in [2.75, 3.05) is 7.11 Å². The predicted octanol–water partition coefficient (Wildman–Crippen LogP) is 3.27. The number of nitrogens with zero attached hydrogens (tertiary/aromatic N) is 1. The van der Waals surface area contributed by atoms with E-state index in [4.69, 9.17) is 16.3 Å². The van der Waals surface area contributed by atoms with Crippen molar-refractivity contribution in [3.05, 3.63) is 45.1 Å². The number of phenolic OH excluding ortho intramolecular Hbond substituents is 1. The van der Waals surface area contributed by atoms with Gasteiger partial charge in [0.15, 0.2) is 11.5 Å². The van der Waals surface area contributed by atoms with Gasteiger partial charge in [-0.05, 0) is 37.3 Å². The Bertz CT molecular complexity index is 697. The van der Waals surface area contributed by atoms with Crippen molar-refractivity contribution in [3.63, 3.8) is 0 Å². The zero-order chi connectivity index (χ0) is 15.4. The third kappa shape index (κ3) is 3.74. The zero-order valence-electron chi connectivity index (χ0n) is 11.4. The fourth-order valence-corrected chi connectivity index (χ4v) is 2.57. The van der Waals surface area contributed by atoms with Crippen molar-refractivity contribution in [2.24, 2.45) is 5.10 Å². The van der Waals surface area contributed by atoms with Gasteiger partial charge in [-0.1, -0.05) is 11.6 Å². The number of thiophene rings is 1. The molecule has 1 aromatic carbocycles. The van der Waals surface area contributed by atoms with E-state index in [2.05, 4.69) is 10.5 Å². The van der Waals surface area contributed by atoms with Crippen molar-refractivity contribution in [1.29, 1.82) is 0 Å². The number of hydrogen-bond donors (Lipinski definition) is 2. The second kappa shape index (κ2) is 6.60. The molecule has 5 nitrogen and oxygen atoms in total. The van der Waals surface area contributed by atoms with Gasteiger partial charge in [0.1, 0.15) is 0 Å². The van der Waals surface area contributed by atoms with Crippen LogP contribution in [0.2, 0.25) is 4.34 Å². The van der Waals surface area contributed by atoms with E-state index in [1.165, 1.54) is 36.6 Å². The first-order valence-electron chi connectivity index (χ1n) is 5.98. The van der Waals surface area contributed by atoms with Crippen LogP contribution in [0.4, 0.5) is 0 Å². The number of hydrogen-bond acceptors (Lipinski definition) is 5. The number of halogens is 1. The maximum atomic E-state index is 12.0. The van der Waals surface area contributed by atoms with Crippen LogP contribution in [0.15, 0.2) is 35.4 Å². The van der Waals surface area contributed by atoms with Gasteiger partial charge in [-0.2, -0.15) is 5.10 Å². The highest BCUT2D eigenvalue weighted by Gasteiger charge is 2.09. The standard InChI is InChI=1S/C14H13ClN2O3S/c1-8(12-5-6-13(15)21-12)16-17-14(19)9-3-4-10(18)11(7-9)20-2/h3-7,18H,1-2H3,(H,17,19)/b16-8-. The van der Waals surface area contributed by atoms with Crippen LogP contribution in [0.1, 0.15) is 22.2 Å². The van der Waals surface area contributed by atoms with Crippen LogP contribution in [0.25, 0.3) is 0 Å². The van der Waals surface area contributed by atoms with Gasteiger partial charge in [0.2, 0.25) is 0 Å². The smallest absolute Gasteiger partial charge is 0.271 e. The summed E-state index contributed by atoms with van der Waals surface area (Å²) in [6.07, 6.45) is 0. The third-order valence-corrected chi connectivity index (χ3v) is 4.04. The second-order valence-electron chi connectivity index (χ2n) is 4.13. The van der Waals surface area contributed by atoms with Crippen molar-refractivity contribution in [3.8, 4) is 11.5 Å². The number of benzene rings is 1. The zero-order valence-corrected chi connectivity index (χ0v) is 13.0. The molecule has 7 heteroatoms. The summed E-state index contributed by atoms with van der Waals surface area (Å²) in [6.45, 7) is 1.78. The molecule has 110 valence electrons. The Morgan fingerprint density at radius 2 is 2.14 bits per heavy atom. The molecule has 0 radical (unpaired) electrons. The van der Waals surface area contributed by atoms with Gasteiger partial charge in [0.25, 0.3) is 5.91 Å². The molecule has 1 aromatic heterocycles. The molecule has 0 fully saturated rings. The average molecular weight is 325 g/mol. The fraction of sp³-hybridized carbons (Fsp3) is 0.143. The van der Waals surface area contributed by atoms with Crippen LogP contribution >= 0.6 is 22.9 Å². The number of carbonyl (C=O) groups is 1. The van der Waals surface area contributed by atoms with Gasteiger partial charge >= 0.3 is 0 Å². The first-order valence-corrected chi connectivity index (χ1v) is 7.18. The summed E-state index contributed by atoms with van der Waals surface area (Å²) in [6, 6.07) is 7.93. The Balaban J connectivity index is 2.11. The first kappa shape index (κ1) is 15.3. The van der Waals surface area contributed by atoms with E-state index in [0.29, 0.717) is 15.6 Å². The molecule has 0 atom stereocenters. The molecule has 2 rings (SSSR count). The average Bonchev–Trinajstić information content (AvgIpc) is 2.91. The number of phenols is 1. The van der Waals surface area contributed by atoms with E-state index < -0.39 is 5.91 Å². The largest absolute Gasteiger partial charge is 0.504 e. The number of ether oxygens (including phenoxy) is 1. The highest BCUT2D eigenvalue weighted by Crippen LogP contribution is 2.26. The van der Waals surface area contributed by atoms with Crippen LogP contribution in [-0.2, 0) is 0 Å². The monoisotopic (exact) mass is 324 g/mol. The van der Waals surface area contributed by atoms with Crippen LogP contribution in [0, 0.1) is 0 Å². The minimum Gasteiger partial charge on any atom is -0.504 e. The maximum Gasteiger partial charge on any atom is 0.271 e. The SMILES string of the molecule is COc1cc(C(=O)N/N=C(/C)c2ccc(Cl)s2)ccc1O. The molecule has 21 heavy (non-hydrogen) atoms. The Labute approximate surface area is 130 Å². The lowest BCUT2D eigenvalue weighted by Crippen LogP contribution is -2.19. The summed E-state index contributed by atoms with van der Waals surface area (Å²) in [5.41, 5.74) is 3.45. The molecular formula is C14H13ClN2O3S. The summed E-state index contributed by atoms with van der Waals surface area (Å²) in [5.74, 6) is -0.189. The number of aromatic hydroxyl groups is 1. The Hall–Kier alpha value is -2.05. The molecule has 0 unspecified atom stereocenters. The molecule has 2 N–H and O–H groups in total.